The minimum absolute atomic E-state index is 0.214. The van der Waals surface area contributed by atoms with Crippen molar-refractivity contribution in [1.82, 2.24) is 0 Å². The molecule has 3 N–H and O–H groups in total. The molecule has 2 nitrogen and oxygen atoms in total. The molecule has 0 aromatic heterocycles. The lowest BCUT2D eigenvalue weighted by atomic mass is 9.64. The van der Waals surface area contributed by atoms with Crippen LogP contribution in [0.15, 0.2) is 36.4 Å². The summed E-state index contributed by atoms with van der Waals surface area (Å²) in [5.41, 5.74) is 7.49. The first-order valence-electron chi connectivity index (χ1n) is 6.17. The van der Waals surface area contributed by atoms with Crippen molar-refractivity contribution >= 4 is 10.8 Å². The third kappa shape index (κ3) is 1.60. The number of phenols is 1. The second-order valence-corrected chi connectivity index (χ2v) is 5.08. The summed E-state index contributed by atoms with van der Waals surface area (Å²) in [6.45, 7) is 0.733. The third-order valence-electron chi connectivity index (χ3n) is 4.14. The number of rotatable bonds is 2. The summed E-state index contributed by atoms with van der Waals surface area (Å²) in [7, 11) is 0. The number of aromatic hydroxyl groups is 1. The van der Waals surface area contributed by atoms with Gasteiger partial charge in [-0.3, -0.25) is 0 Å². The Kier molecular flexibility index (Phi) is 2.33. The van der Waals surface area contributed by atoms with Gasteiger partial charge in [-0.15, -0.1) is 0 Å². The van der Waals surface area contributed by atoms with Gasteiger partial charge in [0.1, 0.15) is 5.75 Å². The van der Waals surface area contributed by atoms with Crippen LogP contribution in [0.25, 0.3) is 10.8 Å². The summed E-state index contributed by atoms with van der Waals surface area (Å²) >= 11 is 0. The molecule has 1 aliphatic rings. The van der Waals surface area contributed by atoms with E-state index in [0.29, 0.717) is 5.75 Å². The minimum Gasteiger partial charge on any atom is -0.508 e. The molecule has 1 aliphatic carbocycles. The summed E-state index contributed by atoms with van der Waals surface area (Å²) in [5, 5.41) is 11.7. The Labute approximate surface area is 101 Å². The first-order chi connectivity index (χ1) is 8.23. The molecule has 0 saturated heterocycles. The molecule has 2 aromatic rings. The molecule has 0 aliphatic heterocycles. The first-order valence-corrected chi connectivity index (χ1v) is 6.17. The number of benzene rings is 2. The zero-order valence-corrected chi connectivity index (χ0v) is 9.82. The number of nitrogens with two attached hydrogens (primary N) is 1. The molecule has 1 fully saturated rings. The van der Waals surface area contributed by atoms with Gasteiger partial charge in [-0.05, 0) is 41.3 Å². The van der Waals surface area contributed by atoms with E-state index in [2.05, 4.69) is 18.2 Å². The fourth-order valence-corrected chi connectivity index (χ4v) is 2.78. The van der Waals surface area contributed by atoms with E-state index in [1.165, 1.54) is 30.2 Å². The SMILES string of the molecule is NCC1(c2ccc3cc(O)ccc3c2)CCC1. The van der Waals surface area contributed by atoms with Gasteiger partial charge >= 0.3 is 0 Å². The number of hydrogen-bond donors (Lipinski definition) is 2. The minimum atomic E-state index is 0.214. The highest BCUT2D eigenvalue weighted by Gasteiger charge is 2.37. The van der Waals surface area contributed by atoms with Crippen molar-refractivity contribution in [3.63, 3.8) is 0 Å². The van der Waals surface area contributed by atoms with E-state index >= 15 is 0 Å². The number of fused-ring (bicyclic) bond motifs is 1. The van der Waals surface area contributed by atoms with E-state index in [1.807, 2.05) is 6.07 Å². The Bertz CT molecular complexity index is 552. The maximum Gasteiger partial charge on any atom is 0.116 e. The van der Waals surface area contributed by atoms with Crippen molar-refractivity contribution in [3.8, 4) is 5.75 Å². The first kappa shape index (κ1) is 10.6. The van der Waals surface area contributed by atoms with E-state index in [0.717, 1.165) is 11.9 Å². The summed E-state index contributed by atoms with van der Waals surface area (Å²) in [6, 6.07) is 12.0. The van der Waals surface area contributed by atoms with Crippen molar-refractivity contribution in [2.24, 2.45) is 5.73 Å². The second-order valence-electron chi connectivity index (χ2n) is 5.08. The van der Waals surface area contributed by atoms with E-state index in [1.54, 1.807) is 12.1 Å². The maximum absolute atomic E-state index is 9.44. The zero-order valence-electron chi connectivity index (χ0n) is 9.82. The molecule has 17 heavy (non-hydrogen) atoms. The monoisotopic (exact) mass is 227 g/mol. The van der Waals surface area contributed by atoms with Crippen LogP contribution >= 0.6 is 0 Å². The predicted molar refractivity (Wildman–Crippen MR) is 70.2 cm³/mol. The van der Waals surface area contributed by atoms with Crippen LogP contribution in [0.4, 0.5) is 0 Å². The van der Waals surface area contributed by atoms with E-state index in [-0.39, 0.29) is 5.41 Å². The Balaban J connectivity index is 2.10. The predicted octanol–water partition coefficient (Wildman–Crippen LogP) is 2.93. The van der Waals surface area contributed by atoms with E-state index in [9.17, 15) is 5.11 Å². The van der Waals surface area contributed by atoms with Gasteiger partial charge in [0.25, 0.3) is 0 Å². The topological polar surface area (TPSA) is 46.2 Å². The largest absolute Gasteiger partial charge is 0.508 e. The maximum atomic E-state index is 9.44. The normalized spacial score (nSPS) is 17.9. The molecule has 2 heteroatoms. The van der Waals surface area contributed by atoms with Gasteiger partial charge in [-0.25, -0.2) is 0 Å². The van der Waals surface area contributed by atoms with Crippen molar-refractivity contribution in [2.45, 2.75) is 24.7 Å². The highest BCUT2D eigenvalue weighted by Crippen LogP contribution is 2.43. The Hall–Kier alpha value is -1.54. The summed E-state index contributed by atoms with van der Waals surface area (Å²) in [5.74, 6) is 0.322. The molecule has 2 aromatic carbocycles. The van der Waals surface area contributed by atoms with Gasteiger partial charge in [-0.2, -0.15) is 0 Å². The molecule has 0 amide bonds. The summed E-state index contributed by atoms with van der Waals surface area (Å²) in [4.78, 5) is 0. The van der Waals surface area contributed by atoms with Gasteiger partial charge in [0.15, 0.2) is 0 Å². The highest BCUT2D eigenvalue weighted by molar-refractivity contribution is 5.84. The van der Waals surface area contributed by atoms with Crippen LogP contribution in [0.2, 0.25) is 0 Å². The second kappa shape index (κ2) is 3.74. The van der Waals surface area contributed by atoms with Crippen molar-refractivity contribution in [1.29, 1.82) is 0 Å². The fourth-order valence-electron chi connectivity index (χ4n) is 2.78. The van der Waals surface area contributed by atoms with E-state index in [4.69, 9.17) is 5.73 Å². The van der Waals surface area contributed by atoms with Gasteiger partial charge < -0.3 is 10.8 Å². The molecule has 88 valence electrons. The third-order valence-corrected chi connectivity index (χ3v) is 4.14. The Morgan fingerprint density at radius 1 is 1.06 bits per heavy atom. The van der Waals surface area contributed by atoms with Gasteiger partial charge in [0.05, 0.1) is 0 Å². The zero-order chi connectivity index (χ0) is 11.9. The molecular weight excluding hydrogens is 210 g/mol. The molecule has 0 heterocycles. The standard InChI is InChI=1S/C15H17NO/c16-10-15(6-1-7-15)13-4-2-12-9-14(17)5-3-11(12)8-13/h2-5,8-9,17H,1,6-7,10,16H2. The Morgan fingerprint density at radius 3 is 2.41 bits per heavy atom. The van der Waals surface area contributed by atoms with Gasteiger partial charge in [-0.1, -0.05) is 30.7 Å². The molecule has 1 saturated carbocycles. The molecule has 0 atom stereocenters. The molecule has 0 radical (unpaired) electrons. The molecular formula is C15H17NO. The summed E-state index contributed by atoms with van der Waals surface area (Å²) in [6.07, 6.45) is 3.69. The lowest BCUT2D eigenvalue weighted by Crippen LogP contribution is -2.41. The summed E-state index contributed by atoms with van der Waals surface area (Å²) < 4.78 is 0. The van der Waals surface area contributed by atoms with Crippen LogP contribution < -0.4 is 5.73 Å². The van der Waals surface area contributed by atoms with Crippen LogP contribution in [0.3, 0.4) is 0 Å². The number of phenolic OH excluding ortho intramolecular Hbond substituents is 1. The molecule has 0 spiro atoms. The smallest absolute Gasteiger partial charge is 0.116 e. The fraction of sp³-hybridized carbons (Fsp3) is 0.333. The average Bonchev–Trinajstić information content (AvgIpc) is 2.28. The Morgan fingerprint density at radius 2 is 1.76 bits per heavy atom. The van der Waals surface area contributed by atoms with Crippen molar-refractivity contribution < 1.29 is 5.11 Å². The van der Waals surface area contributed by atoms with Crippen LogP contribution in [0, 0.1) is 0 Å². The van der Waals surface area contributed by atoms with Crippen LogP contribution in [-0.4, -0.2) is 11.7 Å². The van der Waals surface area contributed by atoms with Gasteiger partial charge in [0.2, 0.25) is 0 Å². The van der Waals surface area contributed by atoms with E-state index < -0.39 is 0 Å². The molecule has 0 unspecified atom stereocenters. The van der Waals surface area contributed by atoms with Crippen LogP contribution in [0.5, 0.6) is 5.75 Å². The molecule has 3 rings (SSSR count). The lowest BCUT2D eigenvalue weighted by Gasteiger charge is -2.41. The molecule has 0 bridgehead atoms. The van der Waals surface area contributed by atoms with Crippen LogP contribution in [0.1, 0.15) is 24.8 Å². The highest BCUT2D eigenvalue weighted by atomic mass is 16.3. The van der Waals surface area contributed by atoms with Crippen molar-refractivity contribution in [3.05, 3.63) is 42.0 Å². The van der Waals surface area contributed by atoms with Crippen molar-refractivity contribution in [2.75, 3.05) is 6.54 Å². The van der Waals surface area contributed by atoms with Crippen LogP contribution in [-0.2, 0) is 5.41 Å². The quantitative estimate of drug-likeness (QED) is 0.828. The van der Waals surface area contributed by atoms with Gasteiger partial charge in [0, 0.05) is 12.0 Å². The lowest BCUT2D eigenvalue weighted by molar-refractivity contribution is 0.253. The number of hydrogen-bond acceptors (Lipinski definition) is 2. The average molecular weight is 227 g/mol.